The Morgan fingerprint density at radius 1 is 1.33 bits per heavy atom. The van der Waals surface area contributed by atoms with E-state index in [0.717, 1.165) is 6.42 Å². The summed E-state index contributed by atoms with van der Waals surface area (Å²) >= 11 is 15.1. The van der Waals surface area contributed by atoms with E-state index in [4.69, 9.17) is 23.2 Å². The van der Waals surface area contributed by atoms with Crippen LogP contribution in [0.4, 0.5) is 0 Å². The molecule has 3 heteroatoms. The minimum absolute atomic E-state index is 0.467. The van der Waals surface area contributed by atoms with E-state index in [1.165, 1.54) is 5.56 Å². The Hall–Kier alpha value is 0.280. The Kier molecular flexibility index (Phi) is 3.88. The lowest BCUT2D eigenvalue weighted by Gasteiger charge is -2.04. The Bertz CT molecular complexity index is 271. The monoisotopic (exact) mass is 266 g/mol. The summed E-state index contributed by atoms with van der Waals surface area (Å²) < 4.78 is 0. The standard InChI is InChI=1S/C9H9BrCl2/c1-6(10)4-7-2-3-8(11)9(12)5-7/h2-3,5-6H,4H2,1H3. The Morgan fingerprint density at radius 2 is 2.00 bits per heavy atom. The van der Waals surface area contributed by atoms with Gasteiger partial charge in [-0.25, -0.2) is 0 Å². The van der Waals surface area contributed by atoms with E-state index in [9.17, 15) is 0 Å². The molecular weight excluding hydrogens is 259 g/mol. The summed E-state index contributed by atoms with van der Waals surface area (Å²) in [4.78, 5) is 0.467. The lowest BCUT2D eigenvalue weighted by Crippen LogP contribution is -1.95. The van der Waals surface area contributed by atoms with Crippen LogP contribution in [-0.2, 0) is 6.42 Å². The van der Waals surface area contributed by atoms with E-state index in [2.05, 4.69) is 22.9 Å². The van der Waals surface area contributed by atoms with Crippen LogP contribution in [0.5, 0.6) is 0 Å². The molecule has 1 rings (SSSR count). The van der Waals surface area contributed by atoms with Crippen molar-refractivity contribution in [3.05, 3.63) is 33.8 Å². The van der Waals surface area contributed by atoms with Crippen molar-refractivity contribution in [2.24, 2.45) is 0 Å². The molecule has 1 aromatic carbocycles. The van der Waals surface area contributed by atoms with Crippen molar-refractivity contribution in [3.8, 4) is 0 Å². The average molecular weight is 268 g/mol. The van der Waals surface area contributed by atoms with Crippen molar-refractivity contribution in [2.75, 3.05) is 0 Å². The second kappa shape index (κ2) is 4.50. The van der Waals surface area contributed by atoms with Gasteiger partial charge in [0.2, 0.25) is 0 Å². The van der Waals surface area contributed by atoms with Crippen LogP contribution in [0.2, 0.25) is 10.0 Å². The van der Waals surface area contributed by atoms with Crippen molar-refractivity contribution in [3.63, 3.8) is 0 Å². The normalized spacial score (nSPS) is 13.0. The highest BCUT2D eigenvalue weighted by Crippen LogP contribution is 2.23. The van der Waals surface area contributed by atoms with Gasteiger partial charge in [0.15, 0.2) is 0 Å². The van der Waals surface area contributed by atoms with E-state index in [0.29, 0.717) is 14.9 Å². The third-order valence-electron chi connectivity index (χ3n) is 1.50. The second-order valence-corrected chi connectivity index (χ2v) is 5.11. The molecule has 0 spiro atoms. The summed E-state index contributed by atoms with van der Waals surface area (Å²) in [6, 6.07) is 5.72. The topological polar surface area (TPSA) is 0 Å². The molecular formula is C9H9BrCl2. The molecule has 0 aliphatic rings. The lowest BCUT2D eigenvalue weighted by molar-refractivity contribution is 0.960. The van der Waals surface area contributed by atoms with Crippen LogP contribution in [0, 0.1) is 0 Å². The van der Waals surface area contributed by atoms with Crippen molar-refractivity contribution < 1.29 is 0 Å². The van der Waals surface area contributed by atoms with Gasteiger partial charge in [-0.1, -0.05) is 52.1 Å². The van der Waals surface area contributed by atoms with Crippen LogP contribution < -0.4 is 0 Å². The van der Waals surface area contributed by atoms with Crippen LogP contribution in [0.25, 0.3) is 0 Å². The summed E-state index contributed by atoms with van der Waals surface area (Å²) in [6.07, 6.45) is 0.969. The van der Waals surface area contributed by atoms with Gasteiger partial charge < -0.3 is 0 Å². The van der Waals surface area contributed by atoms with E-state index < -0.39 is 0 Å². The van der Waals surface area contributed by atoms with Gasteiger partial charge >= 0.3 is 0 Å². The Labute approximate surface area is 91.0 Å². The summed E-state index contributed by atoms with van der Waals surface area (Å²) in [5.41, 5.74) is 1.20. The van der Waals surface area contributed by atoms with E-state index in [1.54, 1.807) is 0 Å². The smallest absolute Gasteiger partial charge is 0.0595 e. The molecule has 0 aromatic heterocycles. The molecule has 0 heterocycles. The lowest BCUT2D eigenvalue weighted by atomic mass is 10.1. The van der Waals surface area contributed by atoms with Gasteiger partial charge in [0, 0.05) is 4.83 Å². The molecule has 0 amide bonds. The number of halogens is 3. The molecule has 0 saturated carbocycles. The second-order valence-electron chi connectivity index (χ2n) is 2.73. The van der Waals surface area contributed by atoms with Crippen LogP contribution in [0.15, 0.2) is 18.2 Å². The summed E-state index contributed by atoms with van der Waals surface area (Å²) in [6.45, 7) is 2.10. The van der Waals surface area contributed by atoms with Crippen LogP contribution in [0.3, 0.4) is 0 Å². The first-order chi connectivity index (χ1) is 5.59. The molecule has 1 unspecified atom stereocenters. The van der Waals surface area contributed by atoms with Crippen LogP contribution in [-0.4, -0.2) is 4.83 Å². The number of hydrogen-bond donors (Lipinski definition) is 0. The fraction of sp³-hybridized carbons (Fsp3) is 0.333. The third kappa shape index (κ3) is 2.96. The molecule has 0 radical (unpaired) electrons. The molecule has 0 bridgehead atoms. The Morgan fingerprint density at radius 3 is 2.50 bits per heavy atom. The number of benzene rings is 1. The third-order valence-corrected chi connectivity index (χ3v) is 2.56. The molecule has 66 valence electrons. The van der Waals surface area contributed by atoms with Crippen molar-refractivity contribution in [1.82, 2.24) is 0 Å². The fourth-order valence-corrected chi connectivity index (χ4v) is 1.69. The molecule has 1 atom stereocenters. The van der Waals surface area contributed by atoms with Gasteiger partial charge in [0.25, 0.3) is 0 Å². The summed E-state index contributed by atoms with van der Waals surface area (Å²) in [7, 11) is 0. The minimum atomic E-state index is 0.467. The van der Waals surface area contributed by atoms with E-state index in [-0.39, 0.29) is 0 Å². The highest BCUT2D eigenvalue weighted by molar-refractivity contribution is 9.09. The van der Waals surface area contributed by atoms with Gasteiger partial charge in [0.05, 0.1) is 10.0 Å². The number of rotatable bonds is 2. The number of alkyl halides is 1. The zero-order valence-electron chi connectivity index (χ0n) is 6.65. The predicted octanol–water partition coefficient (Wildman–Crippen LogP) is 4.32. The zero-order chi connectivity index (χ0) is 9.14. The van der Waals surface area contributed by atoms with Gasteiger partial charge in [0.1, 0.15) is 0 Å². The van der Waals surface area contributed by atoms with Crippen LogP contribution >= 0.6 is 39.1 Å². The maximum atomic E-state index is 5.85. The summed E-state index contributed by atoms with van der Waals surface area (Å²) in [5.74, 6) is 0. The first-order valence-corrected chi connectivity index (χ1v) is 5.34. The van der Waals surface area contributed by atoms with Crippen LogP contribution in [0.1, 0.15) is 12.5 Å². The molecule has 0 nitrogen and oxygen atoms in total. The summed E-state index contributed by atoms with van der Waals surface area (Å²) in [5, 5.41) is 1.24. The first kappa shape index (κ1) is 10.4. The minimum Gasteiger partial charge on any atom is -0.0890 e. The molecule has 0 aliphatic carbocycles. The van der Waals surface area contributed by atoms with Crippen molar-refractivity contribution in [1.29, 1.82) is 0 Å². The van der Waals surface area contributed by atoms with E-state index in [1.807, 2.05) is 18.2 Å². The van der Waals surface area contributed by atoms with Crippen molar-refractivity contribution in [2.45, 2.75) is 18.2 Å². The molecule has 12 heavy (non-hydrogen) atoms. The highest BCUT2D eigenvalue weighted by atomic mass is 79.9. The maximum absolute atomic E-state index is 5.85. The maximum Gasteiger partial charge on any atom is 0.0595 e. The fourth-order valence-electron chi connectivity index (χ4n) is 0.991. The first-order valence-electron chi connectivity index (χ1n) is 3.67. The number of hydrogen-bond acceptors (Lipinski definition) is 0. The average Bonchev–Trinajstić information content (AvgIpc) is 1.96. The predicted molar refractivity (Wildman–Crippen MR) is 58.6 cm³/mol. The van der Waals surface area contributed by atoms with Gasteiger partial charge in [-0.3, -0.25) is 0 Å². The molecule has 0 N–H and O–H groups in total. The van der Waals surface area contributed by atoms with E-state index >= 15 is 0 Å². The van der Waals surface area contributed by atoms with Gasteiger partial charge in [-0.2, -0.15) is 0 Å². The van der Waals surface area contributed by atoms with Gasteiger partial charge in [-0.05, 0) is 24.1 Å². The van der Waals surface area contributed by atoms with Crippen molar-refractivity contribution >= 4 is 39.1 Å². The molecule has 0 fully saturated rings. The van der Waals surface area contributed by atoms with Gasteiger partial charge in [-0.15, -0.1) is 0 Å². The largest absolute Gasteiger partial charge is 0.0890 e. The molecule has 0 aliphatic heterocycles. The SMILES string of the molecule is CC(Br)Cc1ccc(Cl)c(Cl)c1. The quantitative estimate of drug-likeness (QED) is 0.700. The Balaban J connectivity index is 2.82. The highest BCUT2D eigenvalue weighted by Gasteiger charge is 2.01. The molecule has 1 aromatic rings. The molecule has 0 saturated heterocycles. The zero-order valence-corrected chi connectivity index (χ0v) is 9.75.